The number of rotatable bonds is 5. The molecule has 0 unspecified atom stereocenters. The fourth-order valence-electron chi connectivity index (χ4n) is 6.39. The number of hydrogen-bond donors (Lipinski definition) is 0. The highest BCUT2D eigenvalue weighted by molar-refractivity contribution is 6.12. The van der Waals surface area contributed by atoms with E-state index in [0.717, 1.165) is 0 Å². The summed E-state index contributed by atoms with van der Waals surface area (Å²) in [5, 5.41) is 0. The lowest BCUT2D eigenvalue weighted by atomic mass is 9.67. The first-order chi connectivity index (χ1) is 18.1. The van der Waals surface area contributed by atoms with Crippen LogP contribution >= 0.6 is 0 Å². The number of hydrogen-bond acceptors (Lipinski definition) is 0. The molecule has 0 aromatic heterocycles. The van der Waals surface area contributed by atoms with Crippen LogP contribution in [-0.4, -0.2) is 0 Å². The topological polar surface area (TPSA) is 0 Å². The predicted octanol–water partition coefficient (Wildman–Crippen LogP) is 9.57. The third-order valence-electron chi connectivity index (χ3n) is 7.98. The Morgan fingerprint density at radius 2 is 1.27 bits per heavy atom. The molecule has 2 aliphatic rings. The van der Waals surface area contributed by atoms with Gasteiger partial charge in [-0.15, -0.1) is 0 Å². The molecule has 0 heteroatoms. The molecule has 4 aromatic rings. The summed E-state index contributed by atoms with van der Waals surface area (Å²) in [5.74, 6) is 0. The van der Waals surface area contributed by atoms with Crippen molar-refractivity contribution in [3.8, 4) is 11.1 Å². The van der Waals surface area contributed by atoms with Gasteiger partial charge in [0.05, 0.1) is 5.41 Å². The molecule has 0 fully saturated rings. The van der Waals surface area contributed by atoms with E-state index < -0.39 is 5.41 Å². The van der Waals surface area contributed by atoms with Gasteiger partial charge in [0.15, 0.2) is 0 Å². The monoisotopic (exact) mass is 474 g/mol. The molecule has 4 aromatic carbocycles. The molecule has 0 amide bonds. The molecular weight excluding hydrogens is 444 g/mol. The van der Waals surface area contributed by atoms with E-state index >= 15 is 0 Å². The average Bonchev–Trinajstić information content (AvgIpc) is 3.39. The highest BCUT2D eigenvalue weighted by Crippen LogP contribution is 2.64. The Kier molecular flexibility index (Phi) is 5.54. The summed E-state index contributed by atoms with van der Waals surface area (Å²) in [6, 6.07) is 33.6. The van der Waals surface area contributed by atoms with Gasteiger partial charge in [-0.25, -0.2) is 0 Å². The van der Waals surface area contributed by atoms with Crippen LogP contribution in [0.3, 0.4) is 0 Å². The van der Waals surface area contributed by atoms with Crippen molar-refractivity contribution >= 4 is 16.7 Å². The van der Waals surface area contributed by atoms with Gasteiger partial charge in [0.25, 0.3) is 0 Å². The number of fused-ring (bicyclic) bond motifs is 7. The molecule has 2 aliphatic carbocycles. The van der Waals surface area contributed by atoms with Crippen LogP contribution in [0.15, 0.2) is 135 Å². The highest BCUT2D eigenvalue weighted by atomic mass is 14.5. The van der Waals surface area contributed by atoms with E-state index in [-0.39, 0.29) is 0 Å². The molecule has 0 atom stereocenters. The smallest absolute Gasteiger partial charge is 0.0731 e. The molecule has 6 rings (SSSR count). The summed E-state index contributed by atoms with van der Waals surface area (Å²) in [5.41, 5.74) is 15.1. The van der Waals surface area contributed by atoms with Crippen molar-refractivity contribution in [3.63, 3.8) is 0 Å². The SMILES string of the molecule is C=C/C=C\C=C(/C)c1ccc2c(c1)C(C=C)=C(c1ccccc1C)C21c2ccccc2-c2ccccc21. The Balaban J connectivity index is 1.75. The van der Waals surface area contributed by atoms with E-state index in [2.05, 4.69) is 130 Å². The van der Waals surface area contributed by atoms with Gasteiger partial charge < -0.3 is 0 Å². The highest BCUT2D eigenvalue weighted by Gasteiger charge is 2.53. The van der Waals surface area contributed by atoms with Crippen molar-refractivity contribution in [3.05, 3.63) is 173 Å². The van der Waals surface area contributed by atoms with Crippen molar-refractivity contribution in [2.75, 3.05) is 0 Å². The molecule has 0 nitrogen and oxygen atoms in total. The van der Waals surface area contributed by atoms with Crippen LogP contribution in [0.1, 0.15) is 45.9 Å². The lowest BCUT2D eigenvalue weighted by Crippen LogP contribution is -2.27. The normalized spacial score (nSPS) is 15.1. The zero-order chi connectivity index (χ0) is 25.6. The molecule has 0 saturated carbocycles. The van der Waals surface area contributed by atoms with Crippen molar-refractivity contribution < 1.29 is 0 Å². The standard InChI is InChI=1S/C37H30/c1-5-7-8-15-25(3)27-22-23-35-32(24-27)28(6-2)36(29-17-10-9-16-26(29)4)37(35)33-20-13-11-18-30(33)31-19-12-14-21-34(31)37/h5-24H,1-2H2,3-4H3/b8-7-,25-15+. The zero-order valence-corrected chi connectivity index (χ0v) is 21.5. The minimum absolute atomic E-state index is 0.392. The van der Waals surface area contributed by atoms with Crippen LogP contribution in [0.25, 0.3) is 27.8 Å². The number of aryl methyl sites for hydroxylation is 1. The molecule has 178 valence electrons. The third kappa shape index (κ3) is 3.22. The minimum atomic E-state index is -0.392. The summed E-state index contributed by atoms with van der Waals surface area (Å²) in [7, 11) is 0. The fourth-order valence-corrected chi connectivity index (χ4v) is 6.39. The van der Waals surface area contributed by atoms with Gasteiger partial charge in [-0.05, 0) is 86.7 Å². The van der Waals surface area contributed by atoms with Crippen LogP contribution in [0.2, 0.25) is 0 Å². The van der Waals surface area contributed by atoms with Gasteiger partial charge >= 0.3 is 0 Å². The molecule has 0 aliphatic heterocycles. The third-order valence-corrected chi connectivity index (χ3v) is 7.98. The van der Waals surface area contributed by atoms with Crippen LogP contribution in [0.5, 0.6) is 0 Å². The quantitative estimate of drug-likeness (QED) is 0.253. The second-order valence-electron chi connectivity index (χ2n) is 9.88. The molecule has 0 heterocycles. The maximum Gasteiger partial charge on any atom is 0.0731 e. The van der Waals surface area contributed by atoms with Crippen molar-refractivity contribution in [2.24, 2.45) is 0 Å². The van der Waals surface area contributed by atoms with E-state index in [0.29, 0.717) is 0 Å². The second-order valence-corrected chi connectivity index (χ2v) is 9.88. The zero-order valence-electron chi connectivity index (χ0n) is 21.5. The Bertz CT molecular complexity index is 1620. The molecule has 0 bridgehead atoms. The van der Waals surface area contributed by atoms with Crippen LogP contribution in [0.4, 0.5) is 0 Å². The Labute approximate surface area is 220 Å². The van der Waals surface area contributed by atoms with Gasteiger partial charge in [0.1, 0.15) is 0 Å². The molecule has 0 N–H and O–H groups in total. The van der Waals surface area contributed by atoms with Gasteiger partial charge in [-0.1, -0.05) is 128 Å². The van der Waals surface area contributed by atoms with Crippen LogP contribution < -0.4 is 0 Å². The van der Waals surface area contributed by atoms with E-state index in [1.54, 1.807) is 6.08 Å². The number of benzene rings is 4. The molecule has 1 spiro atoms. The maximum atomic E-state index is 4.35. The van der Waals surface area contributed by atoms with Crippen LogP contribution in [-0.2, 0) is 5.41 Å². The Hall–Kier alpha value is -4.42. The van der Waals surface area contributed by atoms with E-state index in [1.165, 1.54) is 66.8 Å². The van der Waals surface area contributed by atoms with Gasteiger partial charge in [-0.3, -0.25) is 0 Å². The van der Waals surface area contributed by atoms with E-state index in [1.807, 2.05) is 12.2 Å². The van der Waals surface area contributed by atoms with Crippen molar-refractivity contribution in [2.45, 2.75) is 19.3 Å². The average molecular weight is 475 g/mol. The number of allylic oxidation sites excluding steroid dienone is 8. The lowest BCUT2D eigenvalue weighted by molar-refractivity contribution is 0.840. The van der Waals surface area contributed by atoms with E-state index in [4.69, 9.17) is 0 Å². The summed E-state index contributed by atoms with van der Waals surface area (Å²) in [6.45, 7) is 12.5. The molecule has 0 saturated heterocycles. The predicted molar refractivity (Wildman–Crippen MR) is 159 cm³/mol. The van der Waals surface area contributed by atoms with Crippen molar-refractivity contribution in [1.29, 1.82) is 0 Å². The fraction of sp³-hybridized carbons (Fsp3) is 0.0811. The van der Waals surface area contributed by atoms with Crippen LogP contribution in [0, 0.1) is 6.92 Å². The molecular formula is C37H30. The van der Waals surface area contributed by atoms with Gasteiger partial charge in [0.2, 0.25) is 0 Å². The second kappa shape index (κ2) is 8.91. The Morgan fingerprint density at radius 3 is 1.89 bits per heavy atom. The molecule has 0 radical (unpaired) electrons. The van der Waals surface area contributed by atoms with Gasteiger partial charge in [-0.2, -0.15) is 0 Å². The van der Waals surface area contributed by atoms with Gasteiger partial charge in [0, 0.05) is 0 Å². The van der Waals surface area contributed by atoms with Crippen molar-refractivity contribution in [1.82, 2.24) is 0 Å². The van der Waals surface area contributed by atoms with E-state index in [9.17, 15) is 0 Å². The summed E-state index contributed by atoms with van der Waals surface area (Å²) < 4.78 is 0. The lowest BCUT2D eigenvalue weighted by Gasteiger charge is -2.33. The first-order valence-electron chi connectivity index (χ1n) is 12.9. The largest absolute Gasteiger partial charge is 0.0991 e. The molecule has 37 heavy (non-hydrogen) atoms. The summed E-state index contributed by atoms with van der Waals surface area (Å²) >= 11 is 0. The minimum Gasteiger partial charge on any atom is -0.0991 e. The first-order valence-corrected chi connectivity index (χ1v) is 12.9. The Morgan fingerprint density at radius 1 is 0.676 bits per heavy atom. The first kappa shape index (κ1) is 23.0. The maximum absolute atomic E-state index is 4.35. The summed E-state index contributed by atoms with van der Waals surface area (Å²) in [6.07, 6.45) is 10.0. The summed E-state index contributed by atoms with van der Waals surface area (Å²) in [4.78, 5) is 0.